The molecule has 1 aromatic rings. The van der Waals surface area contributed by atoms with Crippen LogP contribution < -0.4 is 0 Å². The number of hydrogen-bond acceptors (Lipinski definition) is 2. The summed E-state index contributed by atoms with van der Waals surface area (Å²) in [4.78, 5) is 20.6. The summed E-state index contributed by atoms with van der Waals surface area (Å²) in [6, 6.07) is 8.31. The number of Topliss-reactive ketones (excluding diaryl/α,β-unsaturated/α-hetero) is 1. The van der Waals surface area contributed by atoms with Crippen LogP contribution in [0.15, 0.2) is 30.3 Å². The van der Waals surface area contributed by atoms with Gasteiger partial charge in [0.15, 0.2) is 10.6 Å². The lowest BCUT2D eigenvalue weighted by atomic mass is 10.1. The van der Waals surface area contributed by atoms with Crippen molar-refractivity contribution in [1.82, 2.24) is 0 Å². The highest BCUT2D eigenvalue weighted by atomic mass is 79.9. The second-order valence-electron chi connectivity index (χ2n) is 2.43. The minimum atomic E-state index is -1.17. The zero-order chi connectivity index (χ0) is 9.84. The van der Waals surface area contributed by atoms with Gasteiger partial charge >= 0.3 is 5.97 Å². The number of halogens is 1. The highest BCUT2D eigenvalue weighted by Crippen LogP contribution is 2.09. The summed E-state index contributed by atoms with van der Waals surface area (Å²) in [5.74, 6) is -1.61. The van der Waals surface area contributed by atoms with Crippen molar-refractivity contribution in [2.75, 3.05) is 0 Å². The van der Waals surface area contributed by atoms with Crippen LogP contribution in [-0.2, 0) is 4.79 Å². The molecule has 0 radical (unpaired) electrons. The van der Waals surface area contributed by atoms with Crippen LogP contribution in [0.25, 0.3) is 0 Å². The van der Waals surface area contributed by atoms with Gasteiger partial charge in [0.25, 0.3) is 0 Å². The molecule has 0 fully saturated rings. The predicted octanol–water partition coefficient (Wildman–Crippen LogP) is 1.72. The standard InChI is InChI=1S/C9H7BrO3/c10-7(9(12)13)8(11)6-4-2-1-3-5-6/h1-5,7H,(H,12,13). The molecular weight excluding hydrogens is 236 g/mol. The van der Waals surface area contributed by atoms with E-state index in [2.05, 4.69) is 15.9 Å². The number of ketones is 1. The van der Waals surface area contributed by atoms with E-state index in [-0.39, 0.29) is 0 Å². The van der Waals surface area contributed by atoms with E-state index in [1.807, 2.05) is 0 Å². The van der Waals surface area contributed by atoms with Gasteiger partial charge in [-0.05, 0) is 0 Å². The number of alkyl halides is 1. The molecule has 0 amide bonds. The van der Waals surface area contributed by atoms with Crippen molar-refractivity contribution < 1.29 is 14.7 Å². The smallest absolute Gasteiger partial charge is 0.325 e. The van der Waals surface area contributed by atoms with Gasteiger partial charge in [-0.2, -0.15) is 0 Å². The first-order valence-corrected chi connectivity index (χ1v) is 4.50. The van der Waals surface area contributed by atoms with Crippen LogP contribution in [0.3, 0.4) is 0 Å². The Labute approximate surface area is 83.5 Å². The third-order valence-corrected chi connectivity index (χ3v) is 2.31. The maximum absolute atomic E-state index is 11.4. The van der Waals surface area contributed by atoms with Crippen molar-refractivity contribution in [3.05, 3.63) is 35.9 Å². The lowest BCUT2D eigenvalue weighted by Gasteiger charge is -2.02. The van der Waals surface area contributed by atoms with Crippen molar-refractivity contribution in [2.24, 2.45) is 0 Å². The lowest BCUT2D eigenvalue weighted by Crippen LogP contribution is -2.23. The Balaban J connectivity index is 2.86. The van der Waals surface area contributed by atoms with Gasteiger partial charge in [-0.15, -0.1) is 0 Å². The molecule has 0 saturated carbocycles. The molecule has 1 aromatic carbocycles. The largest absolute Gasteiger partial charge is 0.480 e. The van der Waals surface area contributed by atoms with Gasteiger partial charge in [-0.25, -0.2) is 0 Å². The molecule has 4 heteroatoms. The number of carboxylic acids is 1. The van der Waals surface area contributed by atoms with E-state index in [9.17, 15) is 9.59 Å². The second kappa shape index (κ2) is 4.18. The molecule has 0 saturated heterocycles. The van der Waals surface area contributed by atoms with E-state index < -0.39 is 16.6 Å². The highest BCUT2D eigenvalue weighted by molar-refractivity contribution is 9.10. The van der Waals surface area contributed by atoms with Crippen LogP contribution in [-0.4, -0.2) is 21.7 Å². The SMILES string of the molecule is O=C(O)C(Br)C(=O)c1ccccc1. The second-order valence-corrected chi connectivity index (χ2v) is 3.35. The molecule has 68 valence electrons. The van der Waals surface area contributed by atoms with Crippen LogP contribution >= 0.6 is 15.9 Å². The molecule has 3 nitrogen and oxygen atoms in total. The zero-order valence-corrected chi connectivity index (χ0v) is 8.19. The quantitative estimate of drug-likeness (QED) is 0.499. The average Bonchev–Trinajstić information content (AvgIpc) is 2.17. The fraction of sp³-hybridized carbons (Fsp3) is 0.111. The van der Waals surface area contributed by atoms with E-state index >= 15 is 0 Å². The molecule has 0 heterocycles. The first-order chi connectivity index (χ1) is 6.13. The summed E-state index contributed by atoms with van der Waals surface area (Å²) in [7, 11) is 0. The number of carbonyl (C=O) groups is 2. The molecule has 1 unspecified atom stereocenters. The van der Waals surface area contributed by atoms with Crippen molar-refractivity contribution in [1.29, 1.82) is 0 Å². The maximum atomic E-state index is 11.4. The monoisotopic (exact) mass is 242 g/mol. The summed E-state index contributed by atoms with van der Waals surface area (Å²) < 4.78 is 0. The van der Waals surface area contributed by atoms with E-state index in [4.69, 9.17) is 5.11 Å². The Morgan fingerprint density at radius 1 is 1.23 bits per heavy atom. The van der Waals surface area contributed by atoms with Crippen LogP contribution in [0.4, 0.5) is 0 Å². The number of carbonyl (C=O) groups excluding carboxylic acids is 1. The van der Waals surface area contributed by atoms with Gasteiger partial charge in [0, 0.05) is 5.56 Å². The Morgan fingerprint density at radius 3 is 2.23 bits per heavy atom. The van der Waals surface area contributed by atoms with Crippen LogP contribution in [0.5, 0.6) is 0 Å². The summed E-state index contributed by atoms with van der Waals surface area (Å²) in [6.45, 7) is 0. The number of benzene rings is 1. The van der Waals surface area contributed by atoms with Crippen LogP contribution in [0.1, 0.15) is 10.4 Å². The summed E-state index contributed by atoms with van der Waals surface area (Å²) >= 11 is 2.80. The van der Waals surface area contributed by atoms with Gasteiger partial charge in [-0.1, -0.05) is 46.3 Å². The number of hydrogen-bond donors (Lipinski definition) is 1. The molecule has 0 aliphatic carbocycles. The molecule has 13 heavy (non-hydrogen) atoms. The van der Waals surface area contributed by atoms with Crippen molar-refractivity contribution >= 4 is 27.7 Å². The Hall–Kier alpha value is -1.16. The Morgan fingerprint density at radius 2 is 1.77 bits per heavy atom. The van der Waals surface area contributed by atoms with Gasteiger partial charge < -0.3 is 5.11 Å². The number of aliphatic carboxylic acids is 1. The van der Waals surface area contributed by atoms with Gasteiger partial charge in [0.2, 0.25) is 0 Å². The number of carboxylic acid groups (broad SMARTS) is 1. The zero-order valence-electron chi connectivity index (χ0n) is 6.61. The minimum absolute atomic E-state index is 0.395. The minimum Gasteiger partial charge on any atom is -0.480 e. The highest BCUT2D eigenvalue weighted by Gasteiger charge is 2.23. The average molecular weight is 243 g/mol. The molecule has 0 spiro atoms. The topological polar surface area (TPSA) is 54.4 Å². The van der Waals surface area contributed by atoms with Crippen molar-refractivity contribution in [3.8, 4) is 0 Å². The molecule has 0 aliphatic heterocycles. The molecule has 1 N–H and O–H groups in total. The third-order valence-electron chi connectivity index (χ3n) is 1.51. The van der Waals surface area contributed by atoms with E-state index in [1.54, 1.807) is 30.3 Å². The fourth-order valence-electron chi connectivity index (χ4n) is 0.861. The summed E-state index contributed by atoms with van der Waals surface area (Å²) in [5, 5.41) is 8.55. The molecule has 0 bridgehead atoms. The van der Waals surface area contributed by atoms with Gasteiger partial charge in [0.1, 0.15) is 0 Å². The molecule has 1 rings (SSSR count). The van der Waals surface area contributed by atoms with E-state index in [0.29, 0.717) is 5.56 Å². The first-order valence-electron chi connectivity index (χ1n) is 3.59. The summed E-state index contributed by atoms with van der Waals surface area (Å²) in [6.07, 6.45) is 0. The normalized spacial score (nSPS) is 12.1. The van der Waals surface area contributed by atoms with Crippen LogP contribution in [0.2, 0.25) is 0 Å². The molecular formula is C9H7BrO3. The predicted molar refractivity (Wildman–Crippen MR) is 51.1 cm³/mol. The molecule has 1 atom stereocenters. The third kappa shape index (κ3) is 2.39. The first kappa shape index (κ1) is 9.92. The van der Waals surface area contributed by atoms with E-state index in [0.717, 1.165) is 0 Å². The maximum Gasteiger partial charge on any atom is 0.325 e. The van der Waals surface area contributed by atoms with E-state index in [1.165, 1.54) is 0 Å². The van der Waals surface area contributed by atoms with Crippen molar-refractivity contribution in [2.45, 2.75) is 4.83 Å². The number of rotatable bonds is 3. The van der Waals surface area contributed by atoms with Gasteiger partial charge in [-0.3, -0.25) is 9.59 Å². The molecule has 0 aliphatic rings. The lowest BCUT2D eigenvalue weighted by molar-refractivity contribution is -0.135. The molecule has 0 aromatic heterocycles. The van der Waals surface area contributed by atoms with Crippen molar-refractivity contribution in [3.63, 3.8) is 0 Å². The fourth-order valence-corrected chi connectivity index (χ4v) is 1.13. The van der Waals surface area contributed by atoms with Crippen LogP contribution in [0, 0.1) is 0 Å². The Kier molecular flexibility index (Phi) is 3.19. The Bertz CT molecular complexity index is 321. The summed E-state index contributed by atoms with van der Waals surface area (Å²) in [5.41, 5.74) is 0.395. The van der Waals surface area contributed by atoms with Gasteiger partial charge in [0.05, 0.1) is 0 Å².